The van der Waals surface area contributed by atoms with Crippen molar-refractivity contribution in [2.75, 3.05) is 26.3 Å². The standard InChI is InChI=1S/C29H34N2O2/c32-19-20-33-26-14-8-7-13-25(26)21-30-28-24-15-17-31(18-16-24)29(28)27(22-9-3-1-4-10-22)23-11-5-2-6-12-23/h1-14,24,27-30,32H,15-21H2. The fourth-order valence-corrected chi connectivity index (χ4v) is 5.87. The van der Waals surface area contributed by atoms with Crippen molar-refractivity contribution in [1.82, 2.24) is 10.2 Å². The molecular weight excluding hydrogens is 408 g/mol. The summed E-state index contributed by atoms with van der Waals surface area (Å²) in [6.07, 6.45) is 2.51. The lowest BCUT2D eigenvalue weighted by Gasteiger charge is -2.54. The summed E-state index contributed by atoms with van der Waals surface area (Å²) in [5.41, 5.74) is 3.93. The van der Waals surface area contributed by atoms with Gasteiger partial charge < -0.3 is 15.2 Å². The van der Waals surface area contributed by atoms with Crippen molar-refractivity contribution in [1.29, 1.82) is 0 Å². The van der Waals surface area contributed by atoms with Gasteiger partial charge in [0.1, 0.15) is 12.4 Å². The van der Waals surface area contributed by atoms with Crippen LogP contribution in [-0.2, 0) is 6.54 Å². The highest BCUT2D eigenvalue weighted by Crippen LogP contribution is 2.42. The topological polar surface area (TPSA) is 44.7 Å². The Labute approximate surface area is 197 Å². The van der Waals surface area contributed by atoms with Crippen LogP contribution in [0.5, 0.6) is 5.75 Å². The fraction of sp³-hybridized carbons (Fsp3) is 0.379. The Morgan fingerprint density at radius 2 is 1.45 bits per heavy atom. The zero-order chi connectivity index (χ0) is 22.5. The minimum atomic E-state index is 0.0271. The molecule has 3 aliphatic heterocycles. The van der Waals surface area contributed by atoms with Crippen molar-refractivity contribution >= 4 is 0 Å². The lowest BCUT2D eigenvalue weighted by atomic mass is 9.70. The van der Waals surface area contributed by atoms with Crippen LogP contribution in [-0.4, -0.2) is 48.4 Å². The second-order valence-corrected chi connectivity index (χ2v) is 9.25. The Hall–Kier alpha value is -2.66. The van der Waals surface area contributed by atoms with Gasteiger partial charge in [0.25, 0.3) is 0 Å². The van der Waals surface area contributed by atoms with Crippen LogP contribution in [0.2, 0.25) is 0 Å². The lowest BCUT2D eigenvalue weighted by molar-refractivity contribution is 0.00460. The van der Waals surface area contributed by atoms with E-state index in [4.69, 9.17) is 4.74 Å². The van der Waals surface area contributed by atoms with Crippen LogP contribution >= 0.6 is 0 Å². The smallest absolute Gasteiger partial charge is 0.123 e. The Morgan fingerprint density at radius 3 is 2.09 bits per heavy atom. The summed E-state index contributed by atoms with van der Waals surface area (Å²) in [4.78, 5) is 2.72. The summed E-state index contributed by atoms with van der Waals surface area (Å²) in [7, 11) is 0. The average Bonchev–Trinajstić information content (AvgIpc) is 2.89. The third kappa shape index (κ3) is 4.84. The molecule has 2 unspecified atom stereocenters. The normalized spacial score (nSPS) is 24.2. The van der Waals surface area contributed by atoms with E-state index in [9.17, 15) is 5.11 Å². The van der Waals surface area contributed by atoms with Gasteiger partial charge in [-0.25, -0.2) is 0 Å². The number of fused-ring (bicyclic) bond motifs is 3. The van der Waals surface area contributed by atoms with E-state index < -0.39 is 0 Å². The third-order valence-electron chi connectivity index (χ3n) is 7.38. The van der Waals surface area contributed by atoms with Gasteiger partial charge in [-0.2, -0.15) is 0 Å². The molecule has 2 atom stereocenters. The molecule has 4 heteroatoms. The predicted octanol–water partition coefficient (Wildman–Crippen LogP) is 4.44. The van der Waals surface area contributed by atoms with E-state index in [2.05, 4.69) is 83.0 Å². The van der Waals surface area contributed by atoms with Crippen molar-refractivity contribution in [2.24, 2.45) is 5.92 Å². The van der Waals surface area contributed by atoms with E-state index in [-0.39, 0.29) is 6.61 Å². The maximum atomic E-state index is 9.19. The van der Waals surface area contributed by atoms with Crippen molar-refractivity contribution in [3.05, 3.63) is 102 Å². The van der Waals surface area contributed by atoms with E-state index in [1.807, 2.05) is 12.1 Å². The molecule has 0 amide bonds. The molecule has 172 valence electrons. The van der Waals surface area contributed by atoms with E-state index in [0.717, 1.165) is 17.9 Å². The van der Waals surface area contributed by atoms with Crippen molar-refractivity contribution in [3.63, 3.8) is 0 Å². The van der Waals surface area contributed by atoms with Crippen LogP contribution in [0.4, 0.5) is 0 Å². The monoisotopic (exact) mass is 442 g/mol. The highest BCUT2D eigenvalue weighted by molar-refractivity contribution is 5.37. The van der Waals surface area contributed by atoms with Crippen LogP contribution in [0, 0.1) is 5.92 Å². The molecule has 3 aromatic carbocycles. The van der Waals surface area contributed by atoms with Crippen LogP contribution in [0.25, 0.3) is 0 Å². The summed E-state index contributed by atoms with van der Waals surface area (Å²) in [5, 5.41) is 13.2. The molecule has 0 aliphatic carbocycles. The van der Waals surface area contributed by atoms with Crippen LogP contribution in [0.1, 0.15) is 35.4 Å². The zero-order valence-electron chi connectivity index (χ0n) is 19.1. The molecule has 3 fully saturated rings. The van der Waals surface area contributed by atoms with Gasteiger partial charge >= 0.3 is 0 Å². The number of aliphatic hydroxyl groups is 1. The first kappa shape index (κ1) is 22.1. The molecular formula is C29H34N2O2. The summed E-state index contributed by atoms with van der Waals surface area (Å²) >= 11 is 0. The Kier molecular flexibility index (Phi) is 7.06. The lowest BCUT2D eigenvalue weighted by Crippen LogP contribution is -2.64. The van der Waals surface area contributed by atoms with Gasteiger partial charge in [-0.15, -0.1) is 0 Å². The first-order chi connectivity index (χ1) is 16.3. The summed E-state index contributed by atoms with van der Waals surface area (Å²) < 4.78 is 5.80. The van der Waals surface area contributed by atoms with E-state index in [1.165, 1.54) is 37.1 Å². The summed E-state index contributed by atoms with van der Waals surface area (Å²) in [6.45, 7) is 3.48. The van der Waals surface area contributed by atoms with Crippen molar-refractivity contribution in [3.8, 4) is 5.75 Å². The van der Waals surface area contributed by atoms with Crippen molar-refractivity contribution < 1.29 is 9.84 Å². The van der Waals surface area contributed by atoms with Crippen LogP contribution in [0.3, 0.4) is 0 Å². The molecule has 0 saturated carbocycles. The molecule has 4 nitrogen and oxygen atoms in total. The number of rotatable bonds is 9. The van der Waals surface area contributed by atoms with Gasteiger partial charge in [-0.05, 0) is 49.0 Å². The molecule has 3 aromatic rings. The number of ether oxygens (including phenoxy) is 1. The number of hydrogen-bond acceptors (Lipinski definition) is 4. The molecule has 3 heterocycles. The number of benzene rings is 3. The number of piperidine rings is 3. The van der Waals surface area contributed by atoms with E-state index in [1.54, 1.807) is 0 Å². The number of nitrogens with one attached hydrogen (secondary N) is 1. The molecule has 0 spiro atoms. The minimum Gasteiger partial charge on any atom is -0.491 e. The van der Waals surface area contributed by atoms with Crippen molar-refractivity contribution in [2.45, 2.75) is 37.4 Å². The number of para-hydroxylation sites is 1. The maximum absolute atomic E-state index is 9.19. The van der Waals surface area contributed by atoms with Gasteiger partial charge in [0.05, 0.1) is 6.61 Å². The fourth-order valence-electron chi connectivity index (χ4n) is 5.87. The van der Waals surface area contributed by atoms with Gasteiger partial charge in [-0.1, -0.05) is 78.9 Å². The van der Waals surface area contributed by atoms with Gasteiger partial charge in [-0.3, -0.25) is 4.90 Å². The molecule has 2 bridgehead atoms. The minimum absolute atomic E-state index is 0.0271. The van der Waals surface area contributed by atoms with E-state index >= 15 is 0 Å². The zero-order valence-corrected chi connectivity index (χ0v) is 19.1. The maximum Gasteiger partial charge on any atom is 0.123 e. The van der Waals surface area contributed by atoms with Gasteiger partial charge in [0.2, 0.25) is 0 Å². The first-order valence-corrected chi connectivity index (χ1v) is 12.2. The average molecular weight is 443 g/mol. The van der Waals surface area contributed by atoms with E-state index in [0.29, 0.717) is 30.5 Å². The highest BCUT2D eigenvalue weighted by Gasteiger charge is 2.46. The molecule has 3 aliphatic rings. The molecule has 0 aromatic heterocycles. The number of aliphatic hydroxyl groups excluding tert-OH is 1. The quantitative estimate of drug-likeness (QED) is 0.514. The second kappa shape index (κ2) is 10.5. The Balaban J connectivity index is 1.45. The molecule has 2 N–H and O–H groups in total. The molecule has 3 saturated heterocycles. The first-order valence-electron chi connectivity index (χ1n) is 12.2. The molecule has 6 rings (SSSR count). The van der Waals surface area contributed by atoms with Crippen LogP contribution < -0.4 is 10.1 Å². The molecule has 0 radical (unpaired) electrons. The number of nitrogens with zero attached hydrogens (tertiary/aromatic N) is 1. The summed E-state index contributed by atoms with van der Waals surface area (Å²) in [6, 6.07) is 31.0. The van der Waals surface area contributed by atoms with Gasteiger partial charge in [0.15, 0.2) is 0 Å². The number of hydrogen-bond donors (Lipinski definition) is 2. The summed E-state index contributed by atoms with van der Waals surface area (Å²) in [5.74, 6) is 1.87. The Bertz CT molecular complexity index is 963. The Morgan fingerprint density at radius 1 is 0.848 bits per heavy atom. The third-order valence-corrected chi connectivity index (χ3v) is 7.38. The highest BCUT2D eigenvalue weighted by atomic mass is 16.5. The second-order valence-electron chi connectivity index (χ2n) is 9.25. The van der Waals surface area contributed by atoms with Gasteiger partial charge in [0, 0.05) is 30.1 Å². The predicted molar refractivity (Wildman–Crippen MR) is 132 cm³/mol. The molecule has 33 heavy (non-hydrogen) atoms. The van der Waals surface area contributed by atoms with Crippen LogP contribution in [0.15, 0.2) is 84.9 Å². The largest absolute Gasteiger partial charge is 0.491 e. The SMILES string of the molecule is OCCOc1ccccc1CNC1C2CCN(CC2)C1C(c1ccccc1)c1ccccc1.